The zero-order valence-electron chi connectivity index (χ0n) is 9.88. The van der Waals surface area contributed by atoms with Crippen molar-refractivity contribution in [2.24, 2.45) is 5.10 Å². The lowest BCUT2D eigenvalue weighted by Crippen LogP contribution is -2.20. The highest BCUT2D eigenvalue weighted by Crippen LogP contribution is 2.09. The Balaban J connectivity index is 2.15. The second-order valence-corrected chi connectivity index (χ2v) is 3.97. The van der Waals surface area contributed by atoms with Crippen LogP contribution in [0, 0.1) is 10.1 Å². The van der Waals surface area contributed by atoms with Gasteiger partial charge < -0.3 is 9.94 Å². The van der Waals surface area contributed by atoms with Crippen molar-refractivity contribution in [1.29, 1.82) is 0 Å². The molecule has 0 aliphatic carbocycles. The van der Waals surface area contributed by atoms with Gasteiger partial charge in [-0.15, -0.1) is 0 Å². The molecule has 0 unspecified atom stereocenters. The predicted molar refractivity (Wildman–Crippen MR) is 71.5 cm³/mol. The smallest absolute Gasteiger partial charge is 0.286 e. The van der Waals surface area contributed by atoms with E-state index in [0.29, 0.717) is 20.2 Å². The van der Waals surface area contributed by atoms with Crippen LogP contribution >= 0.6 is 0 Å². The summed E-state index contributed by atoms with van der Waals surface area (Å²) >= 11 is 0. The maximum atomic E-state index is 12.1. The molecule has 6 nitrogen and oxygen atoms in total. The van der Waals surface area contributed by atoms with Crippen LogP contribution in [-0.4, -0.2) is 15.6 Å². The number of hydrogen-bond acceptors (Lipinski definition) is 3. The van der Waals surface area contributed by atoms with Gasteiger partial charge in [0.25, 0.3) is 11.7 Å². The summed E-state index contributed by atoms with van der Waals surface area (Å²) in [6, 6.07) is 10.3. The molecule has 0 bridgehead atoms. The molecule has 2 heterocycles. The fourth-order valence-corrected chi connectivity index (χ4v) is 1.82. The Labute approximate surface area is 108 Å². The Morgan fingerprint density at radius 2 is 1.89 bits per heavy atom. The Kier molecular flexibility index (Phi) is 2.60. The molecule has 0 N–H and O–H groups in total. The topological polar surface area (TPSA) is 68.2 Å². The van der Waals surface area contributed by atoms with Gasteiger partial charge in [-0.25, -0.2) is 4.68 Å². The van der Waals surface area contributed by atoms with Crippen molar-refractivity contribution in [1.82, 2.24) is 9.41 Å². The molecule has 0 saturated heterocycles. The summed E-state index contributed by atoms with van der Waals surface area (Å²) in [7, 11) is 0. The second-order valence-electron chi connectivity index (χ2n) is 3.97. The van der Waals surface area contributed by atoms with Gasteiger partial charge in [0.05, 0.1) is 10.6 Å². The van der Waals surface area contributed by atoms with Crippen LogP contribution in [0.5, 0.6) is 0 Å². The van der Waals surface area contributed by atoms with Crippen LogP contribution in [0.4, 0.5) is 0 Å². The van der Waals surface area contributed by atoms with Crippen molar-refractivity contribution in [2.75, 3.05) is 0 Å². The molecule has 6 heteroatoms. The van der Waals surface area contributed by atoms with Gasteiger partial charge in [0.1, 0.15) is 11.2 Å². The third kappa shape index (κ3) is 1.99. The van der Waals surface area contributed by atoms with Crippen molar-refractivity contribution >= 4 is 17.2 Å². The summed E-state index contributed by atoms with van der Waals surface area (Å²) in [5, 5.41) is 16.2. The van der Waals surface area contributed by atoms with E-state index >= 15 is 0 Å². The Morgan fingerprint density at radius 1 is 1.16 bits per heavy atom. The van der Waals surface area contributed by atoms with E-state index in [1.807, 2.05) is 12.1 Å². The Hall–Kier alpha value is -2.89. The summed E-state index contributed by atoms with van der Waals surface area (Å²) < 4.78 is 2.90. The SMILES string of the molecule is O=[n+]1cc(/C=N/n2cccc2)n([O-])c2ccccc21. The minimum absolute atomic E-state index is 0.183. The lowest BCUT2D eigenvalue weighted by atomic mass is 10.3. The minimum atomic E-state index is 0.183. The highest BCUT2D eigenvalue weighted by atomic mass is 16.5. The summed E-state index contributed by atoms with van der Waals surface area (Å²) in [4.78, 5) is 11.8. The van der Waals surface area contributed by atoms with Crippen LogP contribution in [0.15, 0.2) is 60.1 Å². The zero-order chi connectivity index (χ0) is 13.2. The van der Waals surface area contributed by atoms with Crippen molar-refractivity contribution in [3.63, 3.8) is 0 Å². The van der Waals surface area contributed by atoms with Crippen molar-refractivity contribution in [3.05, 3.63) is 70.8 Å². The standard InChI is InChI=1S/C13H10N4O2/c18-16-10-11(9-14-15-7-3-4-8-15)17(19)13-6-2-1-5-12(13)16/h1-10H/b14-9+. The first kappa shape index (κ1) is 11.2. The molecule has 0 aliphatic heterocycles. The van der Waals surface area contributed by atoms with E-state index in [-0.39, 0.29) is 5.69 Å². The van der Waals surface area contributed by atoms with Crippen molar-refractivity contribution in [3.8, 4) is 0 Å². The quantitative estimate of drug-likeness (QED) is 0.514. The van der Waals surface area contributed by atoms with E-state index in [4.69, 9.17) is 0 Å². The van der Waals surface area contributed by atoms with E-state index in [0.717, 1.165) is 0 Å². The Morgan fingerprint density at radius 3 is 2.68 bits per heavy atom. The summed E-state index contributed by atoms with van der Waals surface area (Å²) in [6.45, 7) is 0. The predicted octanol–water partition coefficient (Wildman–Crippen LogP) is 1.59. The molecule has 0 radical (unpaired) electrons. The number of hydrogen-bond donors (Lipinski definition) is 0. The molecule has 0 saturated carbocycles. The van der Waals surface area contributed by atoms with E-state index in [1.54, 1.807) is 41.3 Å². The first-order chi connectivity index (χ1) is 9.25. The second kappa shape index (κ2) is 4.41. The molecule has 1 aromatic carbocycles. The first-order valence-electron chi connectivity index (χ1n) is 5.67. The molecule has 3 aromatic rings. The fraction of sp³-hybridized carbons (Fsp3) is 0. The summed E-state index contributed by atoms with van der Waals surface area (Å²) in [6.07, 6.45) is 6.03. The summed E-state index contributed by atoms with van der Waals surface area (Å²) in [5.41, 5.74) is 0.826. The molecular formula is C13H10N4O2. The van der Waals surface area contributed by atoms with Crippen LogP contribution in [0.2, 0.25) is 0 Å². The van der Waals surface area contributed by atoms with Crippen LogP contribution in [-0.2, 0) is 0 Å². The number of aromatic nitrogens is 3. The molecule has 2 aromatic heterocycles. The number of para-hydroxylation sites is 2. The number of rotatable bonds is 2. The molecule has 0 amide bonds. The number of nitrogens with zero attached hydrogens (tertiary/aromatic N) is 4. The minimum Gasteiger partial charge on any atom is -0.805 e. The van der Waals surface area contributed by atoms with Gasteiger partial charge in [-0.3, -0.25) is 0 Å². The molecule has 0 aliphatic rings. The maximum absolute atomic E-state index is 12.1. The lowest BCUT2D eigenvalue weighted by molar-refractivity contribution is -0.464. The maximum Gasteiger partial charge on any atom is 0.286 e. The van der Waals surface area contributed by atoms with Gasteiger partial charge in [-0.05, 0) is 18.2 Å². The third-order valence-corrected chi connectivity index (χ3v) is 2.73. The van der Waals surface area contributed by atoms with Gasteiger partial charge in [-0.1, -0.05) is 12.1 Å². The number of benzene rings is 1. The van der Waals surface area contributed by atoms with E-state index in [1.165, 1.54) is 12.4 Å². The normalized spacial score (nSPS) is 11.4. The van der Waals surface area contributed by atoms with Crippen LogP contribution in [0.3, 0.4) is 0 Å². The Bertz CT molecular complexity index is 803. The zero-order valence-corrected chi connectivity index (χ0v) is 9.88. The average Bonchev–Trinajstić information content (AvgIpc) is 2.95. The van der Waals surface area contributed by atoms with E-state index < -0.39 is 0 Å². The van der Waals surface area contributed by atoms with Crippen LogP contribution < -0.4 is 4.43 Å². The average molecular weight is 254 g/mol. The van der Waals surface area contributed by atoms with E-state index in [2.05, 4.69) is 5.10 Å². The van der Waals surface area contributed by atoms with Crippen molar-refractivity contribution < 1.29 is 4.43 Å². The van der Waals surface area contributed by atoms with Crippen LogP contribution in [0.1, 0.15) is 5.69 Å². The molecule has 3 rings (SSSR count). The van der Waals surface area contributed by atoms with Gasteiger partial charge in [0.2, 0.25) is 0 Å². The highest BCUT2D eigenvalue weighted by Gasteiger charge is 2.09. The molecule has 0 atom stereocenters. The van der Waals surface area contributed by atoms with Gasteiger partial charge in [0.15, 0.2) is 0 Å². The lowest BCUT2D eigenvalue weighted by Gasteiger charge is -2.13. The number of fused-ring (bicyclic) bond motifs is 1. The fourth-order valence-electron chi connectivity index (χ4n) is 1.82. The van der Waals surface area contributed by atoms with Crippen LogP contribution in [0.25, 0.3) is 11.0 Å². The molecule has 94 valence electrons. The first-order valence-corrected chi connectivity index (χ1v) is 5.67. The largest absolute Gasteiger partial charge is 0.805 e. The van der Waals surface area contributed by atoms with Gasteiger partial charge in [0, 0.05) is 23.4 Å². The third-order valence-electron chi connectivity index (χ3n) is 2.73. The summed E-state index contributed by atoms with van der Waals surface area (Å²) in [5.74, 6) is 0. The molecule has 0 spiro atoms. The van der Waals surface area contributed by atoms with E-state index in [9.17, 15) is 10.1 Å². The highest BCUT2D eigenvalue weighted by molar-refractivity contribution is 5.81. The molecule has 19 heavy (non-hydrogen) atoms. The molecule has 0 fully saturated rings. The van der Waals surface area contributed by atoms with Gasteiger partial charge in [-0.2, -0.15) is 5.10 Å². The monoisotopic (exact) mass is 254 g/mol. The van der Waals surface area contributed by atoms with Crippen molar-refractivity contribution in [2.45, 2.75) is 0 Å². The molecular weight excluding hydrogens is 244 g/mol. The van der Waals surface area contributed by atoms with Gasteiger partial charge >= 0.3 is 0 Å².